The van der Waals surface area contributed by atoms with Crippen LogP contribution in [0.3, 0.4) is 0 Å². The third-order valence-electron chi connectivity index (χ3n) is 3.75. The standard InChI is InChI=1S/C18H21ClFNO2S/c1-5-12-10-13(19)6-9-17(12)21-24(22,23)14-7-8-15(16(20)11-14)18(2,3)4/h6-11,21H,5H2,1-4H3. The first-order valence-corrected chi connectivity index (χ1v) is 9.52. The molecule has 0 aliphatic heterocycles. The summed E-state index contributed by atoms with van der Waals surface area (Å²) in [7, 11) is -3.88. The summed E-state index contributed by atoms with van der Waals surface area (Å²) in [6.07, 6.45) is 0.621. The minimum absolute atomic E-state index is 0.106. The number of anilines is 1. The summed E-state index contributed by atoms with van der Waals surface area (Å²) < 4.78 is 41.9. The molecule has 0 heterocycles. The smallest absolute Gasteiger partial charge is 0.262 e. The van der Waals surface area contributed by atoms with Crippen molar-refractivity contribution in [3.63, 3.8) is 0 Å². The summed E-state index contributed by atoms with van der Waals surface area (Å²) in [4.78, 5) is -0.106. The third-order valence-corrected chi connectivity index (χ3v) is 5.35. The molecule has 0 saturated heterocycles. The number of sulfonamides is 1. The average molecular weight is 370 g/mol. The van der Waals surface area contributed by atoms with Crippen molar-refractivity contribution < 1.29 is 12.8 Å². The van der Waals surface area contributed by atoms with Crippen LogP contribution in [0.1, 0.15) is 38.8 Å². The molecule has 0 aliphatic carbocycles. The largest absolute Gasteiger partial charge is 0.279 e. The van der Waals surface area contributed by atoms with Gasteiger partial charge < -0.3 is 0 Å². The van der Waals surface area contributed by atoms with E-state index in [1.54, 1.807) is 18.2 Å². The average Bonchev–Trinajstić information content (AvgIpc) is 2.47. The second kappa shape index (κ2) is 6.73. The molecule has 0 amide bonds. The fourth-order valence-corrected chi connectivity index (χ4v) is 3.74. The van der Waals surface area contributed by atoms with Crippen molar-refractivity contribution in [3.8, 4) is 0 Å². The van der Waals surface area contributed by atoms with Crippen LogP contribution in [0.15, 0.2) is 41.3 Å². The van der Waals surface area contributed by atoms with Gasteiger partial charge in [-0.05, 0) is 53.3 Å². The molecule has 0 fully saturated rings. The van der Waals surface area contributed by atoms with E-state index in [4.69, 9.17) is 11.6 Å². The first kappa shape index (κ1) is 18.7. The number of benzene rings is 2. The van der Waals surface area contributed by atoms with Crippen LogP contribution in [-0.4, -0.2) is 8.42 Å². The summed E-state index contributed by atoms with van der Waals surface area (Å²) in [6, 6.07) is 8.94. The highest BCUT2D eigenvalue weighted by molar-refractivity contribution is 7.92. The predicted molar refractivity (Wildman–Crippen MR) is 96.7 cm³/mol. The molecule has 0 radical (unpaired) electrons. The minimum atomic E-state index is -3.88. The quantitative estimate of drug-likeness (QED) is 0.811. The van der Waals surface area contributed by atoms with Crippen LogP contribution in [0.2, 0.25) is 5.02 Å². The van der Waals surface area contributed by atoms with Crippen LogP contribution >= 0.6 is 11.6 Å². The number of rotatable bonds is 4. The number of hydrogen-bond donors (Lipinski definition) is 1. The number of halogens is 2. The van der Waals surface area contributed by atoms with Gasteiger partial charge >= 0.3 is 0 Å². The van der Waals surface area contributed by atoms with Gasteiger partial charge in [-0.2, -0.15) is 0 Å². The summed E-state index contributed by atoms with van der Waals surface area (Å²) in [5.74, 6) is -0.530. The van der Waals surface area contributed by atoms with Gasteiger partial charge in [-0.3, -0.25) is 4.72 Å². The van der Waals surface area contributed by atoms with Gasteiger partial charge in [0.1, 0.15) is 5.82 Å². The maximum Gasteiger partial charge on any atom is 0.262 e. The second-order valence-electron chi connectivity index (χ2n) is 6.65. The second-order valence-corrected chi connectivity index (χ2v) is 8.77. The monoisotopic (exact) mass is 369 g/mol. The molecule has 0 bridgehead atoms. The summed E-state index contributed by atoms with van der Waals surface area (Å²) in [6.45, 7) is 7.53. The molecular weight excluding hydrogens is 349 g/mol. The Morgan fingerprint density at radius 3 is 2.33 bits per heavy atom. The SMILES string of the molecule is CCc1cc(Cl)ccc1NS(=O)(=O)c1ccc(C(C)(C)C)c(F)c1. The van der Waals surface area contributed by atoms with Crippen LogP contribution < -0.4 is 4.72 Å². The van der Waals surface area contributed by atoms with Gasteiger partial charge in [0.25, 0.3) is 10.0 Å². The Morgan fingerprint density at radius 2 is 1.79 bits per heavy atom. The summed E-state index contributed by atoms with van der Waals surface area (Å²) >= 11 is 5.94. The van der Waals surface area contributed by atoms with Crippen LogP contribution in [0.4, 0.5) is 10.1 Å². The van der Waals surface area contributed by atoms with Gasteiger partial charge in [0.15, 0.2) is 0 Å². The normalized spacial score (nSPS) is 12.2. The van der Waals surface area contributed by atoms with Crippen molar-refractivity contribution in [1.82, 2.24) is 0 Å². The Bertz CT molecular complexity index is 858. The highest BCUT2D eigenvalue weighted by atomic mass is 35.5. The lowest BCUT2D eigenvalue weighted by Crippen LogP contribution is -2.17. The molecule has 0 spiro atoms. The maximum atomic E-state index is 14.3. The topological polar surface area (TPSA) is 46.2 Å². The Balaban J connectivity index is 2.40. The van der Waals surface area contributed by atoms with Crippen molar-refractivity contribution >= 4 is 27.3 Å². The molecule has 1 N–H and O–H groups in total. The lowest BCUT2D eigenvalue weighted by atomic mass is 9.87. The van der Waals surface area contributed by atoms with E-state index in [9.17, 15) is 12.8 Å². The molecule has 6 heteroatoms. The van der Waals surface area contributed by atoms with Crippen molar-refractivity contribution in [1.29, 1.82) is 0 Å². The first-order valence-electron chi connectivity index (χ1n) is 7.66. The van der Waals surface area contributed by atoms with Crippen LogP contribution in [0.5, 0.6) is 0 Å². The lowest BCUT2D eigenvalue weighted by molar-refractivity contribution is 0.519. The minimum Gasteiger partial charge on any atom is -0.279 e. The maximum absolute atomic E-state index is 14.3. The summed E-state index contributed by atoms with van der Waals surface area (Å²) in [5, 5.41) is 0.537. The van der Waals surface area contributed by atoms with Gasteiger partial charge in [-0.1, -0.05) is 45.4 Å². The van der Waals surface area contributed by atoms with Crippen molar-refractivity contribution in [3.05, 3.63) is 58.4 Å². The van der Waals surface area contributed by atoms with Crippen LogP contribution in [0, 0.1) is 5.82 Å². The molecule has 2 aromatic carbocycles. The highest BCUT2D eigenvalue weighted by Crippen LogP contribution is 2.28. The molecular formula is C18H21ClFNO2S. The van der Waals surface area contributed by atoms with Gasteiger partial charge in [0, 0.05) is 5.02 Å². The van der Waals surface area contributed by atoms with E-state index < -0.39 is 21.3 Å². The summed E-state index contributed by atoms with van der Waals surface area (Å²) in [5.41, 5.74) is 1.30. The van der Waals surface area contributed by atoms with E-state index in [2.05, 4.69) is 4.72 Å². The molecule has 0 unspecified atom stereocenters. The zero-order chi connectivity index (χ0) is 18.1. The molecule has 3 nitrogen and oxygen atoms in total. The molecule has 0 aromatic heterocycles. The number of nitrogens with one attached hydrogen (secondary N) is 1. The predicted octanol–water partition coefficient (Wildman–Crippen LogP) is 5.14. The molecule has 130 valence electrons. The van der Waals surface area contributed by atoms with Crippen molar-refractivity contribution in [2.45, 2.75) is 44.4 Å². The Labute approximate surface area is 147 Å². The molecule has 2 aromatic rings. The Kier molecular flexibility index (Phi) is 5.25. The van der Waals surface area contributed by atoms with Crippen molar-refractivity contribution in [2.75, 3.05) is 4.72 Å². The first-order chi connectivity index (χ1) is 11.0. The number of aryl methyl sites for hydroxylation is 1. The fraction of sp³-hybridized carbons (Fsp3) is 0.333. The fourth-order valence-electron chi connectivity index (χ4n) is 2.43. The van der Waals surface area contributed by atoms with Crippen LogP contribution in [-0.2, 0) is 21.9 Å². The lowest BCUT2D eigenvalue weighted by Gasteiger charge is -2.20. The van der Waals surface area contributed by atoms with E-state index in [1.165, 1.54) is 12.1 Å². The molecule has 2 rings (SSSR count). The highest BCUT2D eigenvalue weighted by Gasteiger charge is 2.22. The van der Waals surface area contributed by atoms with E-state index in [1.807, 2.05) is 27.7 Å². The van der Waals surface area contributed by atoms with E-state index in [-0.39, 0.29) is 4.90 Å². The Hall–Kier alpha value is -1.59. The number of hydrogen-bond acceptors (Lipinski definition) is 2. The van der Waals surface area contributed by atoms with E-state index in [0.717, 1.165) is 11.6 Å². The van der Waals surface area contributed by atoms with Gasteiger partial charge in [0.2, 0.25) is 0 Å². The van der Waals surface area contributed by atoms with E-state index in [0.29, 0.717) is 22.7 Å². The zero-order valence-corrected chi connectivity index (χ0v) is 15.7. The molecule has 24 heavy (non-hydrogen) atoms. The van der Waals surface area contributed by atoms with Gasteiger partial charge in [0.05, 0.1) is 10.6 Å². The zero-order valence-electron chi connectivity index (χ0n) is 14.2. The molecule has 0 aliphatic rings. The van der Waals surface area contributed by atoms with Gasteiger partial charge in [-0.25, -0.2) is 12.8 Å². The third kappa shape index (κ3) is 4.08. The van der Waals surface area contributed by atoms with Crippen molar-refractivity contribution in [2.24, 2.45) is 0 Å². The Morgan fingerprint density at radius 1 is 1.12 bits per heavy atom. The van der Waals surface area contributed by atoms with Gasteiger partial charge in [-0.15, -0.1) is 0 Å². The molecule has 0 saturated carbocycles. The molecule has 0 atom stereocenters. The van der Waals surface area contributed by atoms with Crippen LogP contribution in [0.25, 0.3) is 0 Å². The van der Waals surface area contributed by atoms with E-state index >= 15 is 0 Å².